The fraction of sp³-hybridized carbons (Fsp3) is 0.533. The van der Waals surface area contributed by atoms with Crippen LogP contribution < -0.4 is 10.6 Å². The number of carbonyl (C=O) groups is 3. The van der Waals surface area contributed by atoms with Crippen LogP contribution in [0.2, 0.25) is 0 Å². The van der Waals surface area contributed by atoms with Gasteiger partial charge in [-0.05, 0) is 27.7 Å². The molecule has 1 aromatic heterocycles. The Hall–Kier alpha value is -2.09. The number of amides is 1. The monoisotopic (exact) mass is 340 g/mol. The molecule has 1 aliphatic heterocycles. The number of esters is 2. The molecule has 0 aromatic carbocycles. The van der Waals surface area contributed by atoms with E-state index >= 15 is 0 Å². The van der Waals surface area contributed by atoms with Crippen LogP contribution >= 0.6 is 11.3 Å². The molecule has 0 saturated heterocycles. The van der Waals surface area contributed by atoms with Gasteiger partial charge in [0.05, 0.1) is 30.9 Å². The Kier molecular flexibility index (Phi) is 4.93. The van der Waals surface area contributed by atoms with Crippen molar-refractivity contribution in [2.24, 2.45) is 0 Å². The minimum atomic E-state index is -1.02. The number of ether oxygens (including phenoxy) is 2. The van der Waals surface area contributed by atoms with Crippen molar-refractivity contribution >= 4 is 34.9 Å². The molecule has 0 fully saturated rings. The first-order valence-corrected chi connectivity index (χ1v) is 8.19. The van der Waals surface area contributed by atoms with Gasteiger partial charge in [0.1, 0.15) is 10.5 Å². The van der Waals surface area contributed by atoms with Gasteiger partial charge in [-0.25, -0.2) is 4.79 Å². The Balaban J connectivity index is 2.35. The first-order chi connectivity index (χ1) is 10.8. The standard InChI is InChI=1S/C15H20N2O5S/c1-5-21-9(18)7-15(4)16-11-10(13(19)17-15)8(3)23-12(11)14(20)22-6-2/h16H,5-7H2,1-4H3,(H,17,19)/t15-/m0/s1. The molecule has 7 nitrogen and oxygen atoms in total. The Morgan fingerprint density at radius 3 is 2.43 bits per heavy atom. The van der Waals surface area contributed by atoms with E-state index in [0.717, 1.165) is 0 Å². The van der Waals surface area contributed by atoms with Crippen LogP contribution in [0, 0.1) is 6.92 Å². The second-order valence-electron chi connectivity index (χ2n) is 5.35. The van der Waals surface area contributed by atoms with E-state index in [2.05, 4.69) is 10.6 Å². The Bertz CT molecular complexity index is 655. The van der Waals surface area contributed by atoms with Crippen molar-refractivity contribution in [1.82, 2.24) is 5.32 Å². The number of anilines is 1. The van der Waals surface area contributed by atoms with Gasteiger partial charge in [0, 0.05) is 4.88 Å². The minimum Gasteiger partial charge on any atom is -0.466 e. The molecule has 8 heteroatoms. The SMILES string of the molecule is CCOC(=O)C[C@]1(C)NC(=O)c2c(C)sc(C(=O)OCC)c2N1. The predicted molar refractivity (Wildman–Crippen MR) is 85.8 cm³/mol. The highest BCUT2D eigenvalue weighted by atomic mass is 32.1. The molecule has 2 heterocycles. The first-order valence-electron chi connectivity index (χ1n) is 7.38. The fourth-order valence-electron chi connectivity index (χ4n) is 2.49. The summed E-state index contributed by atoms with van der Waals surface area (Å²) in [6.45, 7) is 7.38. The van der Waals surface area contributed by atoms with Gasteiger partial charge >= 0.3 is 11.9 Å². The van der Waals surface area contributed by atoms with Gasteiger partial charge in [-0.3, -0.25) is 9.59 Å². The lowest BCUT2D eigenvalue weighted by atomic mass is 10.0. The van der Waals surface area contributed by atoms with Gasteiger partial charge in [-0.1, -0.05) is 0 Å². The highest BCUT2D eigenvalue weighted by Gasteiger charge is 2.40. The second kappa shape index (κ2) is 6.57. The van der Waals surface area contributed by atoms with Crippen molar-refractivity contribution in [3.8, 4) is 0 Å². The van der Waals surface area contributed by atoms with Gasteiger partial charge in [-0.15, -0.1) is 11.3 Å². The molecular weight excluding hydrogens is 320 g/mol. The predicted octanol–water partition coefficient (Wildman–Crippen LogP) is 2.06. The summed E-state index contributed by atoms with van der Waals surface area (Å²) >= 11 is 1.20. The van der Waals surface area contributed by atoms with E-state index < -0.39 is 17.6 Å². The molecule has 23 heavy (non-hydrogen) atoms. The molecule has 1 atom stereocenters. The van der Waals surface area contributed by atoms with Crippen LogP contribution in [0.3, 0.4) is 0 Å². The number of nitrogens with one attached hydrogen (secondary N) is 2. The summed E-state index contributed by atoms with van der Waals surface area (Å²) in [6.07, 6.45) is -0.0524. The van der Waals surface area contributed by atoms with E-state index in [9.17, 15) is 14.4 Å². The molecule has 0 aliphatic carbocycles. The maximum Gasteiger partial charge on any atom is 0.350 e. The van der Waals surface area contributed by atoms with Crippen molar-refractivity contribution in [2.45, 2.75) is 39.8 Å². The van der Waals surface area contributed by atoms with Crippen LogP contribution in [-0.2, 0) is 14.3 Å². The third kappa shape index (κ3) is 3.47. The summed E-state index contributed by atoms with van der Waals surface area (Å²) in [5.41, 5.74) is -0.189. The van der Waals surface area contributed by atoms with E-state index in [1.54, 1.807) is 27.7 Å². The number of carbonyl (C=O) groups excluding carboxylic acids is 3. The van der Waals surface area contributed by atoms with Crippen molar-refractivity contribution < 1.29 is 23.9 Å². The Morgan fingerprint density at radius 1 is 1.17 bits per heavy atom. The maximum absolute atomic E-state index is 12.4. The zero-order valence-electron chi connectivity index (χ0n) is 13.6. The summed E-state index contributed by atoms with van der Waals surface area (Å²) in [4.78, 5) is 37.3. The number of hydrogen-bond acceptors (Lipinski definition) is 7. The molecule has 0 unspecified atom stereocenters. The normalized spacial score (nSPS) is 19.4. The highest BCUT2D eigenvalue weighted by Crippen LogP contribution is 2.38. The van der Waals surface area contributed by atoms with Crippen LogP contribution in [0.4, 0.5) is 5.69 Å². The van der Waals surface area contributed by atoms with Crippen molar-refractivity contribution in [3.63, 3.8) is 0 Å². The maximum atomic E-state index is 12.4. The van der Waals surface area contributed by atoms with Crippen LogP contribution in [-0.4, -0.2) is 36.7 Å². The van der Waals surface area contributed by atoms with Gasteiger partial charge in [-0.2, -0.15) is 0 Å². The third-order valence-electron chi connectivity index (χ3n) is 3.37. The van der Waals surface area contributed by atoms with Crippen molar-refractivity contribution in [3.05, 3.63) is 15.3 Å². The molecule has 0 radical (unpaired) electrons. The molecule has 1 aliphatic rings. The van der Waals surface area contributed by atoms with E-state index in [-0.39, 0.29) is 25.5 Å². The fourth-order valence-corrected chi connectivity index (χ4v) is 3.49. The summed E-state index contributed by atoms with van der Waals surface area (Å²) in [6, 6.07) is 0. The molecule has 2 rings (SSSR count). The van der Waals surface area contributed by atoms with E-state index in [1.165, 1.54) is 11.3 Å². The van der Waals surface area contributed by atoms with Gasteiger partial charge < -0.3 is 20.1 Å². The number of thiophene rings is 1. The quantitative estimate of drug-likeness (QED) is 0.797. The molecule has 1 aromatic rings. The van der Waals surface area contributed by atoms with Crippen LogP contribution in [0.25, 0.3) is 0 Å². The van der Waals surface area contributed by atoms with Crippen molar-refractivity contribution in [1.29, 1.82) is 0 Å². The Labute approximate surface area is 138 Å². The summed E-state index contributed by atoms with van der Waals surface area (Å²) in [5.74, 6) is -1.24. The lowest BCUT2D eigenvalue weighted by molar-refractivity contribution is -0.144. The molecule has 0 saturated carbocycles. The summed E-state index contributed by atoms with van der Waals surface area (Å²) in [5, 5.41) is 5.87. The van der Waals surface area contributed by atoms with Gasteiger partial charge in [0.15, 0.2) is 0 Å². The topological polar surface area (TPSA) is 93.7 Å². The number of hydrogen-bond donors (Lipinski definition) is 2. The van der Waals surface area contributed by atoms with Crippen LogP contribution in [0.15, 0.2) is 0 Å². The average molecular weight is 340 g/mol. The largest absolute Gasteiger partial charge is 0.466 e. The van der Waals surface area contributed by atoms with E-state index in [4.69, 9.17) is 9.47 Å². The zero-order valence-corrected chi connectivity index (χ0v) is 14.4. The summed E-state index contributed by atoms with van der Waals surface area (Å²) in [7, 11) is 0. The number of rotatable bonds is 5. The number of aryl methyl sites for hydroxylation is 1. The van der Waals surface area contributed by atoms with E-state index in [1.807, 2.05) is 0 Å². The number of fused-ring (bicyclic) bond motifs is 1. The lowest BCUT2D eigenvalue weighted by Crippen LogP contribution is -2.56. The molecule has 1 amide bonds. The molecular formula is C15H20N2O5S. The molecule has 126 valence electrons. The van der Waals surface area contributed by atoms with E-state index in [0.29, 0.717) is 21.0 Å². The van der Waals surface area contributed by atoms with Crippen LogP contribution in [0.5, 0.6) is 0 Å². The Morgan fingerprint density at radius 2 is 1.83 bits per heavy atom. The first kappa shape index (κ1) is 17.3. The van der Waals surface area contributed by atoms with Gasteiger partial charge in [0.25, 0.3) is 5.91 Å². The average Bonchev–Trinajstić information content (AvgIpc) is 2.75. The molecule has 2 N–H and O–H groups in total. The van der Waals surface area contributed by atoms with Gasteiger partial charge in [0.2, 0.25) is 0 Å². The smallest absolute Gasteiger partial charge is 0.350 e. The lowest BCUT2D eigenvalue weighted by Gasteiger charge is -2.36. The molecule has 0 bridgehead atoms. The third-order valence-corrected chi connectivity index (χ3v) is 4.45. The summed E-state index contributed by atoms with van der Waals surface area (Å²) < 4.78 is 9.97. The highest BCUT2D eigenvalue weighted by molar-refractivity contribution is 7.15. The van der Waals surface area contributed by atoms with Crippen molar-refractivity contribution in [2.75, 3.05) is 18.5 Å². The zero-order chi connectivity index (χ0) is 17.2. The minimum absolute atomic E-state index is 0.0524. The second-order valence-corrected chi connectivity index (χ2v) is 6.58. The van der Waals surface area contributed by atoms with Crippen LogP contribution in [0.1, 0.15) is 52.1 Å². The molecule has 0 spiro atoms.